The molecule has 0 saturated heterocycles. The minimum Gasteiger partial charge on any atom is -0.506 e. The van der Waals surface area contributed by atoms with Crippen LogP contribution >= 0.6 is 39.0 Å². The summed E-state index contributed by atoms with van der Waals surface area (Å²) < 4.78 is 3.19. The maximum Gasteiger partial charge on any atom is 0.177 e. The molecule has 0 aliphatic heterocycles. The molecule has 1 N–H and O–H groups in total. The SMILES string of the molecule is C=C1CC(=O)C(Sc2cc3cc(Br)ccc3s2)=C1O. The highest BCUT2D eigenvalue weighted by molar-refractivity contribution is 9.10. The molecule has 1 aromatic heterocycles. The largest absolute Gasteiger partial charge is 0.506 e. The molecule has 1 aliphatic carbocycles. The molecule has 96 valence electrons. The van der Waals surface area contributed by atoms with Crippen LogP contribution in [0.25, 0.3) is 10.1 Å². The van der Waals surface area contributed by atoms with Gasteiger partial charge in [0.05, 0.1) is 9.11 Å². The van der Waals surface area contributed by atoms with Crippen molar-refractivity contribution in [2.75, 3.05) is 0 Å². The summed E-state index contributed by atoms with van der Waals surface area (Å²) in [5.74, 6) is -0.000210. The third-order valence-electron chi connectivity index (χ3n) is 2.84. The molecular weight excluding hydrogens is 344 g/mol. The van der Waals surface area contributed by atoms with E-state index in [0.717, 1.165) is 18.8 Å². The van der Waals surface area contributed by atoms with Crippen molar-refractivity contribution in [2.45, 2.75) is 10.6 Å². The van der Waals surface area contributed by atoms with E-state index in [1.54, 1.807) is 11.3 Å². The van der Waals surface area contributed by atoms with Crippen molar-refractivity contribution in [3.63, 3.8) is 0 Å². The number of Topliss-reactive ketones (excluding diaryl/α,β-unsaturated/α-hetero) is 1. The second-order valence-electron chi connectivity index (χ2n) is 4.23. The zero-order chi connectivity index (χ0) is 13.6. The quantitative estimate of drug-likeness (QED) is 0.821. The highest BCUT2D eigenvalue weighted by Gasteiger charge is 2.27. The summed E-state index contributed by atoms with van der Waals surface area (Å²) in [6, 6.07) is 8.11. The molecule has 2 nitrogen and oxygen atoms in total. The van der Waals surface area contributed by atoms with Gasteiger partial charge in [-0.25, -0.2) is 0 Å². The van der Waals surface area contributed by atoms with Gasteiger partial charge in [-0.2, -0.15) is 0 Å². The van der Waals surface area contributed by atoms with Crippen LogP contribution in [0.4, 0.5) is 0 Å². The first kappa shape index (κ1) is 13.0. The second-order valence-corrected chi connectivity index (χ2v) is 7.54. The van der Waals surface area contributed by atoms with E-state index in [1.807, 2.05) is 24.3 Å². The molecule has 0 amide bonds. The third-order valence-corrected chi connectivity index (χ3v) is 5.68. The summed E-state index contributed by atoms with van der Waals surface area (Å²) in [6.45, 7) is 3.69. The van der Waals surface area contributed by atoms with Crippen molar-refractivity contribution < 1.29 is 9.90 Å². The molecule has 0 radical (unpaired) electrons. The number of carbonyl (C=O) groups excluding carboxylic acids is 1. The van der Waals surface area contributed by atoms with Crippen molar-refractivity contribution in [3.05, 3.63) is 51.6 Å². The number of thiophene rings is 1. The average molecular weight is 353 g/mol. The van der Waals surface area contributed by atoms with Crippen molar-refractivity contribution in [1.82, 2.24) is 0 Å². The Bertz CT molecular complexity index is 743. The van der Waals surface area contributed by atoms with Gasteiger partial charge in [0, 0.05) is 15.6 Å². The summed E-state index contributed by atoms with van der Waals surface area (Å²) in [5, 5.41) is 11.0. The first-order valence-electron chi connectivity index (χ1n) is 5.56. The Balaban J connectivity index is 1.98. The van der Waals surface area contributed by atoms with Gasteiger partial charge >= 0.3 is 0 Å². The number of aliphatic hydroxyl groups is 1. The van der Waals surface area contributed by atoms with Gasteiger partial charge in [-0.3, -0.25) is 4.79 Å². The monoisotopic (exact) mass is 352 g/mol. The number of ketones is 1. The molecule has 3 rings (SSSR count). The lowest BCUT2D eigenvalue weighted by Gasteiger charge is -1.97. The Kier molecular flexibility index (Phi) is 3.28. The van der Waals surface area contributed by atoms with Gasteiger partial charge in [-0.1, -0.05) is 34.3 Å². The Labute approximate surface area is 127 Å². The fourth-order valence-electron chi connectivity index (χ4n) is 1.90. The van der Waals surface area contributed by atoms with Gasteiger partial charge in [-0.05, 0) is 35.2 Å². The van der Waals surface area contributed by atoms with Crippen LogP contribution in [0.15, 0.2) is 55.8 Å². The van der Waals surface area contributed by atoms with E-state index in [0.29, 0.717) is 10.5 Å². The van der Waals surface area contributed by atoms with Crippen LogP contribution in [0.3, 0.4) is 0 Å². The molecule has 0 fully saturated rings. The fourth-order valence-corrected chi connectivity index (χ4v) is 4.55. The predicted molar refractivity (Wildman–Crippen MR) is 83.8 cm³/mol. The number of hydrogen-bond donors (Lipinski definition) is 1. The lowest BCUT2D eigenvalue weighted by molar-refractivity contribution is -0.113. The molecule has 19 heavy (non-hydrogen) atoms. The van der Waals surface area contributed by atoms with E-state index in [2.05, 4.69) is 22.5 Å². The minimum absolute atomic E-state index is 0.0497. The standard InChI is InChI=1S/C14H9BrO2S2/c1-7-4-10(16)14(13(7)17)19-12-6-8-5-9(15)2-3-11(8)18-12/h2-3,5-6,17H,1,4H2. The molecule has 1 heterocycles. The zero-order valence-corrected chi connectivity index (χ0v) is 13.0. The van der Waals surface area contributed by atoms with Gasteiger partial charge in [0.2, 0.25) is 0 Å². The molecule has 1 aliphatic rings. The van der Waals surface area contributed by atoms with E-state index in [1.165, 1.54) is 11.8 Å². The topological polar surface area (TPSA) is 37.3 Å². The molecule has 0 atom stereocenters. The summed E-state index contributed by atoms with van der Waals surface area (Å²) in [7, 11) is 0. The number of hydrogen-bond acceptors (Lipinski definition) is 4. The fraction of sp³-hybridized carbons (Fsp3) is 0.0714. The molecule has 0 unspecified atom stereocenters. The van der Waals surface area contributed by atoms with Gasteiger partial charge in [-0.15, -0.1) is 11.3 Å². The molecular formula is C14H9BrO2S2. The number of rotatable bonds is 2. The van der Waals surface area contributed by atoms with Crippen LogP contribution in [0, 0.1) is 0 Å². The van der Waals surface area contributed by atoms with Crippen molar-refractivity contribution in [3.8, 4) is 0 Å². The molecule has 5 heteroatoms. The van der Waals surface area contributed by atoms with Crippen LogP contribution in [0.2, 0.25) is 0 Å². The first-order valence-corrected chi connectivity index (χ1v) is 7.99. The Morgan fingerprint density at radius 2 is 2.16 bits per heavy atom. The van der Waals surface area contributed by atoms with E-state index < -0.39 is 0 Å². The Hall–Kier alpha value is -1.04. The van der Waals surface area contributed by atoms with Crippen LogP contribution in [-0.4, -0.2) is 10.9 Å². The van der Waals surface area contributed by atoms with Gasteiger partial charge < -0.3 is 5.11 Å². The summed E-state index contributed by atoms with van der Waals surface area (Å²) in [5.41, 5.74) is 0.511. The highest BCUT2D eigenvalue weighted by Crippen LogP contribution is 2.42. The van der Waals surface area contributed by atoms with Crippen LogP contribution in [0.1, 0.15) is 6.42 Å². The number of aliphatic hydroxyl groups excluding tert-OH is 1. The first-order chi connectivity index (χ1) is 9.04. The number of carbonyl (C=O) groups is 1. The number of fused-ring (bicyclic) bond motifs is 1. The van der Waals surface area contributed by atoms with E-state index in [9.17, 15) is 9.90 Å². The highest BCUT2D eigenvalue weighted by atomic mass is 79.9. The molecule has 0 saturated carbocycles. The number of benzene rings is 1. The second kappa shape index (κ2) is 4.81. The summed E-state index contributed by atoms with van der Waals surface area (Å²) in [6.07, 6.45) is 0.227. The maximum absolute atomic E-state index is 11.8. The molecule has 2 aromatic rings. The van der Waals surface area contributed by atoms with E-state index in [4.69, 9.17) is 0 Å². The lowest BCUT2D eigenvalue weighted by Crippen LogP contribution is -1.91. The Morgan fingerprint density at radius 1 is 1.37 bits per heavy atom. The minimum atomic E-state index is -0.0499. The Morgan fingerprint density at radius 3 is 2.84 bits per heavy atom. The average Bonchev–Trinajstić information content (AvgIpc) is 2.85. The third kappa shape index (κ3) is 2.38. The van der Waals surface area contributed by atoms with Crippen molar-refractivity contribution in [2.24, 2.45) is 0 Å². The summed E-state index contributed by atoms with van der Waals surface area (Å²) >= 11 is 6.38. The van der Waals surface area contributed by atoms with E-state index in [-0.39, 0.29) is 18.0 Å². The van der Waals surface area contributed by atoms with Gasteiger partial charge in [0.1, 0.15) is 5.76 Å². The van der Waals surface area contributed by atoms with Gasteiger partial charge in [0.25, 0.3) is 0 Å². The lowest BCUT2D eigenvalue weighted by atomic mass is 10.2. The van der Waals surface area contributed by atoms with Crippen LogP contribution in [-0.2, 0) is 4.79 Å². The number of allylic oxidation sites excluding steroid dienone is 2. The molecule has 1 aromatic carbocycles. The van der Waals surface area contributed by atoms with Gasteiger partial charge in [0.15, 0.2) is 5.78 Å². The zero-order valence-electron chi connectivity index (χ0n) is 9.77. The summed E-state index contributed by atoms with van der Waals surface area (Å²) in [4.78, 5) is 12.2. The smallest absolute Gasteiger partial charge is 0.177 e. The molecule has 0 bridgehead atoms. The number of thioether (sulfide) groups is 1. The number of halogens is 1. The van der Waals surface area contributed by atoms with Crippen molar-refractivity contribution >= 4 is 54.9 Å². The normalized spacial score (nSPS) is 15.8. The predicted octanol–water partition coefficient (Wildman–Crippen LogP) is 5.05. The maximum atomic E-state index is 11.8. The molecule has 0 spiro atoms. The van der Waals surface area contributed by atoms with Crippen LogP contribution in [0.5, 0.6) is 0 Å². The van der Waals surface area contributed by atoms with E-state index >= 15 is 0 Å². The van der Waals surface area contributed by atoms with Crippen LogP contribution < -0.4 is 0 Å². The van der Waals surface area contributed by atoms with Crippen molar-refractivity contribution in [1.29, 1.82) is 0 Å².